The van der Waals surface area contributed by atoms with Crippen molar-refractivity contribution in [2.24, 2.45) is 0 Å². The van der Waals surface area contributed by atoms with E-state index in [0.717, 1.165) is 30.5 Å². The highest BCUT2D eigenvalue weighted by atomic mass is 16.2. The first-order valence-corrected chi connectivity index (χ1v) is 7.54. The van der Waals surface area contributed by atoms with Crippen LogP contribution in [-0.2, 0) is 10.2 Å². The number of rotatable bonds is 3. The Balaban J connectivity index is 1.91. The van der Waals surface area contributed by atoms with Crippen molar-refractivity contribution < 1.29 is 4.79 Å². The first kappa shape index (κ1) is 13.9. The molecule has 1 amide bonds. The molecule has 1 saturated carbocycles. The summed E-state index contributed by atoms with van der Waals surface area (Å²) in [4.78, 5) is 14.9. The van der Waals surface area contributed by atoms with Crippen LogP contribution in [0.2, 0.25) is 0 Å². The van der Waals surface area contributed by atoms with Crippen LogP contribution in [0, 0.1) is 6.92 Å². The van der Waals surface area contributed by atoms with E-state index in [1.807, 2.05) is 42.3 Å². The maximum absolute atomic E-state index is 13.1. The topological polar surface area (TPSA) is 20.3 Å². The van der Waals surface area contributed by atoms with Crippen LogP contribution in [0.4, 0.5) is 5.69 Å². The molecule has 1 aliphatic carbocycles. The highest BCUT2D eigenvalue weighted by Crippen LogP contribution is 2.45. The number of benzene rings is 2. The molecule has 2 nitrogen and oxygen atoms in total. The largest absolute Gasteiger partial charge is 0.315 e. The van der Waals surface area contributed by atoms with Crippen molar-refractivity contribution in [2.75, 3.05) is 11.9 Å². The van der Waals surface area contributed by atoms with Gasteiger partial charge in [-0.15, -0.1) is 0 Å². The quantitative estimate of drug-likeness (QED) is 0.829. The molecule has 1 fully saturated rings. The summed E-state index contributed by atoms with van der Waals surface area (Å²) < 4.78 is 0. The van der Waals surface area contributed by atoms with Gasteiger partial charge in [0.25, 0.3) is 0 Å². The summed E-state index contributed by atoms with van der Waals surface area (Å²) >= 11 is 0. The number of carbonyl (C=O) groups is 1. The second-order valence-electron chi connectivity index (χ2n) is 6.00. The fraction of sp³-hybridized carbons (Fsp3) is 0.316. The van der Waals surface area contributed by atoms with Crippen molar-refractivity contribution in [3.05, 3.63) is 65.7 Å². The lowest BCUT2D eigenvalue weighted by Gasteiger charge is -2.43. The minimum absolute atomic E-state index is 0.212. The van der Waals surface area contributed by atoms with E-state index in [1.165, 1.54) is 5.56 Å². The zero-order chi connectivity index (χ0) is 14.9. The Bertz CT molecular complexity index is 626. The smallest absolute Gasteiger partial charge is 0.237 e. The van der Waals surface area contributed by atoms with E-state index in [1.54, 1.807) is 0 Å². The van der Waals surface area contributed by atoms with Crippen LogP contribution in [-0.4, -0.2) is 13.0 Å². The Morgan fingerprint density at radius 1 is 1.00 bits per heavy atom. The second-order valence-corrected chi connectivity index (χ2v) is 6.00. The van der Waals surface area contributed by atoms with E-state index in [9.17, 15) is 4.79 Å². The molecule has 0 atom stereocenters. The van der Waals surface area contributed by atoms with E-state index in [4.69, 9.17) is 0 Å². The van der Waals surface area contributed by atoms with Crippen molar-refractivity contribution in [2.45, 2.75) is 31.6 Å². The van der Waals surface area contributed by atoms with E-state index in [-0.39, 0.29) is 11.3 Å². The molecule has 2 heteroatoms. The van der Waals surface area contributed by atoms with Gasteiger partial charge in [0.15, 0.2) is 0 Å². The van der Waals surface area contributed by atoms with E-state index >= 15 is 0 Å². The Morgan fingerprint density at radius 2 is 1.62 bits per heavy atom. The summed E-state index contributed by atoms with van der Waals surface area (Å²) in [5, 5.41) is 0. The molecule has 0 unspecified atom stereocenters. The molecule has 108 valence electrons. The molecule has 1 aliphatic rings. The number of aryl methyl sites for hydroxylation is 1. The number of hydrogen-bond donors (Lipinski definition) is 0. The van der Waals surface area contributed by atoms with Gasteiger partial charge in [-0.25, -0.2) is 0 Å². The normalized spacial score (nSPS) is 16.1. The average molecular weight is 279 g/mol. The van der Waals surface area contributed by atoms with Gasteiger partial charge in [0.05, 0.1) is 5.41 Å². The van der Waals surface area contributed by atoms with Gasteiger partial charge in [-0.05, 0) is 37.5 Å². The van der Waals surface area contributed by atoms with Crippen LogP contribution in [0.25, 0.3) is 0 Å². The molecule has 0 spiro atoms. The summed E-state index contributed by atoms with van der Waals surface area (Å²) in [5.74, 6) is 0.212. The number of amides is 1. The molecule has 2 aromatic carbocycles. The third kappa shape index (κ3) is 2.35. The van der Waals surface area contributed by atoms with Crippen LogP contribution in [0.3, 0.4) is 0 Å². The number of likely N-dealkylation sites (N-methyl/N-ethyl adjacent to an activating group) is 1. The monoisotopic (exact) mass is 279 g/mol. The maximum Gasteiger partial charge on any atom is 0.237 e. The van der Waals surface area contributed by atoms with Crippen molar-refractivity contribution in [1.82, 2.24) is 0 Å². The number of hydrogen-bond acceptors (Lipinski definition) is 1. The molecule has 0 bridgehead atoms. The van der Waals surface area contributed by atoms with Crippen molar-refractivity contribution in [1.29, 1.82) is 0 Å². The standard InChI is InChI=1S/C19H21NO/c1-15-9-11-17(12-10-15)20(2)18(21)19(13-6-14-19)16-7-4-3-5-8-16/h3-5,7-12H,6,13-14H2,1-2H3. The third-order valence-electron chi connectivity index (χ3n) is 4.67. The Hall–Kier alpha value is -2.09. The van der Waals surface area contributed by atoms with Gasteiger partial charge in [-0.2, -0.15) is 0 Å². The maximum atomic E-state index is 13.1. The molecular formula is C19H21NO. The van der Waals surface area contributed by atoms with Gasteiger partial charge in [-0.3, -0.25) is 4.79 Å². The van der Waals surface area contributed by atoms with Crippen LogP contribution < -0.4 is 4.90 Å². The van der Waals surface area contributed by atoms with Crippen molar-refractivity contribution in [3.63, 3.8) is 0 Å². The number of nitrogens with zero attached hydrogens (tertiary/aromatic N) is 1. The van der Waals surface area contributed by atoms with Gasteiger partial charge < -0.3 is 4.90 Å². The van der Waals surface area contributed by atoms with Gasteiger partial charge >= 0.3 is 0 Å². The summed E-state index contributed by atoms with van der Waals surface area (Å²) in [6, 6.07) is 18.4. The molecule has 0 aliphatic heterocycles. The van der Waals surface area contributed by atoms with Crippen LogP contribution >= 0.6 is 0 Å². The highest BCUT2D eigenvalue weighted by molar-refractivity contribution is 6.01. The van der Waals surface area contributed by atoms with Crippen molar-refractivity contribution >= 4 is 11.6 Å². The third-order valence-corrected chi connectivity index (χ3v) is 4.67. The minimum Gasteiger partial charge on any atom is -0.315 e. The van der Waals surface area contributed by atoms with Crippen LogP contribution in [0.1, 0.15) is 30.4 Å². The SMILES string of the molecule is Cc1ccc(N(C)C(=O)C2(c3ccccc3)CCC2)cc1. The average Bonchev–Trinajstić information content (AvgIpc) is 2.47. The molecule has 0 saturated heterocycles. The van der Waals surface area contributed by atoms with Crippen molar-refractivity contribution in [3.8, 4) is 0 Å². The van der Waals surface area contributed by atoms with Gasteiger partial charge in [0.2, 0.25) is 5.91 Å². The zero-order valence-electron chi connectivity index (χ0n) is 12.7. The fourth-order valence-electron chi connectivity index (χ4n) is 3.12. The lowest BCUT2D eigenvalue weighted by Crippen LogP contribution is -2.50. The summed E-state index contributed by atoms with van der Waals surface area (Å²) in [6.45, 7) is 2.06. The van der Waals surface area contributed by atoms with Crippen LogP contribution in [0.15, 0.2) is 54.6 Å². The van der Waals surface area contributed by atoms with Crippen LogP contribution in [0.5, 0.6) is 0 Å². The molecule has 21 heavy (non-hydrogen) atoms. The van der Waals surface area contributed by atoms with Gasteiger partial charge in [-0.1, -0.05) is 54.4 Å². The number of carbonyl (C=O) groups excluding carboxylic acids is 1. The first-order valence-electron chi connectivity index (χ1n) is 7.54. The Morgan fingerprint density at radius 3 is 2.14 bits per heavy atom. The van der Waals surface area contributed by atoms with E-state index in [0.29, 0.717) is 0 Å². The lowest BCUT2D eigenvalue weighted by molar-refractivity contribution is -0.126. The summed E-state index contributed by atoms with van der Waals surface area (Å²) in [5.41, 5.74) is 3.01. The lowest BCUT2D eigenvalue weighted by atomic mass is 9.63. The molecule has 0 radical (unpaired) electrons. The molecule has 0 heterocycles. The van der Waals surface area contributed by atoms with Gasteiger partial charge in [0.1, 0.15) is 0 Å². The summed E-state index contributed by atoms with van der Waals surface area (Å²) in [6.07, 6.45) is 3.03. The predicted molar refractivity (Wildman–Crippen MR) is 86.6 cm³/mol. The molecule has 0 aromatic heterocycles. The predicted octanol–water partition coefficient (Wildman–Crippen LogP) is 4.08. The Labute approximate surface area is 126 Å². The molecule has 2 aromatic rings. The fourth-order valence-corrected chi connectivity index (χ4v) is 3.12. The second kappa shape index (κ2) is 5.36. The highest BCUT2D eigenvalue weighted by Gasteiger charge is 2.47. The minimum atomic E-state index is -0.319. The Kier molecular flexibility index (Phi) is 3.54. The van der Waals surface area contributed by atoms with E-state index in [2.05, 4.69) is 31.2 Å². The van der Waals surface area contributed by atoms with Gasteiger partial charge in [0, 0.05) is 12.7 Å². The summed E-state index contributed by atoms with van der Waals surface area (Å²) in [7, 11) is 1.88. The molecule has 3 rings (SSSR count). The molecular weight excluding hydrogens is 258 g/mol. The molecule has 0 N–H and O–H groups in total. The zero-order valence-corrected chi connectivity index (χ0v) is 12.7. The number of anilines is 1. The van der Waals surface area contributed by atoms with E-state index < -0.39 is 0 Å². The first-order chi connectivity index (χ1) is 10.1.